The minimum Gasteiger partial charge on any atom is -0.464 e. The molecule has 2 fully saturated rings. The van der Waals surface area contributed by atoms with Crippen LogP contribution in [0.2, 0.25) is 5.02 Å². The fraction of sp³-hybridized carbons (Fsp3) is 0.619. The molecule has 2 unspecified atom stereocenters. The largest absolute Gasteiger partial charge is 0.464 e. The molecule has 1 amide bonds. The van der Waals surface area contributed by atoms with Crippen LogP contribution in [0.1, 0.15) is 62.2 Å². The van der Waals surface area contributed by atoms with Gasteiger partial charge in [-0.25, -0.2) is 4.79 Å². The molecule has 1 aromatic carbocycles. The molecule has 0 N–H and O–H groups in total. The highest BCUT2D eigenvalue weighted by Crippen LogP contribution is 2.41. The third-order valence-corrected chi connectivity index (χ3v) is 7.11. The number of carbonyl (C=O) groups is 2. The third-order valence-electron chi connectivity index (χ3n) is 5.41. The summed E-state index contributed by atoms with van der Waals surface area (Å²) >= 11 is 7.83. The Bertz CT molecular complexity index is 663. The number of hydrogen-bond donors (Lipinski definition) is 0. The standard InChI is InChI=1S/C21H28ClNO3S/c1-2-3-12-26-21(25)18-14-27-20(15-8-5-4-6-9-15)23(18)19(24)16-10-7-11-17(22)13-16/h7,10-11,13,15,18,20H,2-6,8-9,12,14H2,1H3. The first-order valence-corrected chi connectivity index (χ1v) is 11.4. The van der Waals surface area contributed by atoms with E-state index in [0.717, 1.165) is 25.7 Å². The van der Waals surface area contributed by atoms with Gasteiger partial charge in [-0.2, -0.15) is 0 Å². The van der Waals surface area contributed by atoms with Gasteiger partial charge in [0.15, 0.2) is 0 Å². The Kier molecular flexibility index (Phi) is 7.48. The Morgan fingerprint density at radius 2 is 2.04 bits per heavy atom. The summed E-state index contributed by atoms with van der Waals surface area (Å²) in [5, 5.41) is 0.574. The van der Waals surface area contributed by atoms with Crippen LogP contribution in [0.5, 0.6) is 0 Å². The Morgan fingerprint density at radius 1 is 1.26 bits per heavy atom. The van der Waals surface area contributed by atoms with Gasteiger partial charge in [0.05, 0.1) is 12.0 Å². The lowest BCUT2D eigenvalue weighted by Crippen LogP contribution is -2.48. The summed E-state index contributed by atoms with van der Waals surface area (Å²) in [5.74, 6) is 0.666. The van der Waals surface area contributed by atoms with Crippen LogP contribution in [0.4, 0.5) is 0 Å². The van der Waals surface area contributed by atoms with Crippen molar-refractivity contribution in [1.82, 2.24) is 4.90 Å². The van der Waals surface area contributed by atoms with Gasteiger partial charge in [-0.15, -0.1) is 11.8 Å². The number of thioether (sulfide) groups is 1. The first kappa shape index (κ1) is 20.5. The lowest BCUT2D eigenvalue weighted by Gasteiger charge is -2.35. The van der Waals surface area contributed by atoms with E-state index >= 15 is 0 Å². The van der Waals surface area contributed by atoms with Crippen molar-refractivity contribution in [2.24, 2.45) is 5.92 Å². The van der Waals surface area contributed by atoms with E-state index in [1.807, 2.05) is 0 Å². The molecule has 1 aliphatic carbocycles. The minimum absolute atomic E-state index is 0.0421. The van der Waals surface area contributed by atoms with Gasteiger partial charge in [-0.3, -0.25) is 4.79 Å². The van der Waals surface area contributed by atoms with Crippen molar-refractivity contribution in [1.29, 1.82) is 0 Å². The van der Waals surface area contributed by atoms with Crippen LogP contribution < -0.4 is 0 Å². The molecule has 1 aromatic rings. The summed E-state index contributed by atoms with van der Waals surface area (Å²) in [6.07, 6.45) is 7.73. The maximum atomic E-state index is 13.3. The number of amides is 1. The highest BCUT2D eigenvalue weighted by atomic mass is 35.5. The highest BCUT2D eigenvalue weighted by molar-refractivity contribution is 8.00. The molecular weight excluding hydrogens is 382 g/mol. The van der Waals surface area contributed by atoms with Crippen molar-refractivity contribution in [2.45, 2.75) is 63.3 Å². The first-order chi connectivity index (χ1) is 13.1. The van der Waals surface area contributed by atoms with Crippen LogP contribution in [0.25, 0.3) is 0 Å². The third kappa shape index (κ3) is 5.00. The maximum Gasteiger partial charge on any atom is 0.329 e. The van der Waals surface area contributed by atoms with Gasteiger partial charge in [0.1, 0.15) is 6.04 Å². The predicted molar refractivity (Wildman–Crippen MR) is 110 cm³/mol. The SMILES string of the molecule is CCCCOC(=O)C1CSC(C2CCCCC2)N1C(=O)c1cccc(Cl)c1. The average molecular weight is 410 g/mol. The zero-order chi connectivity index (χ0) is 19.2. The number of ether oxygens (including phenoxy) is 1. The number of nitrogens with zero attached hydrogens (tertiary/aromatic N) is 1. The van der Waals surface area contributed by atoms with E-state index in [9.17, 15) is 9.59 Å². The topological polar surface area (TPSA) is 46.6 Å². The molecule has 3 rings (SSSR count). The number of halogens is 1. The molecule has 1 heterocycles. The van der Waals surface area contributed by atoms with E-state index < -0.39 is 6.04 Å². The number of rotatable bonds is 6. The molecule has 4 nitrogen and oxygen atoms in total. The fourth-order valence-electron chi connectivity index (χ4n) is 3.93. The highest BCUT2D eigenvalue weighted by Gasteiger charge is 2.45. The van der Waals surface area contributed by atoms with Crippen molar-refractivity contribution < 1.29 is 14.3 Å². The summed E-state index contributed by atoms with van der Waals surface area (Å²) < 4.78 is 5.47. The molecule has 0 spiro atoms. The summed E-state index contributed by atoms with van der Waals surface area (Å²) in [7, 11) is 0. The molecule has 2 atom stereocenters. The van der Waals surface area contributed by atoms with Gasteiger partial charge >= 0.3 is 5.97 Å². The lowest BCUT2D eigenvalue weighted by molar-refractivity contribution is -0.148. The van der Waals surface area contributed by atoms with Crippen LogP contribution in [-0.2, 0) is 9.53 Å². The quantitative estimate of drug-likeness (QED) is 0.481. The van der Waals surface area contributed by atoms with Crippen molar-refractivity contribution in [3.8, 4) is 0 Å². The van der Waals surface area contributed by atoms with E-state index in [4.69, 9.17) is 16.3 Å². The molecule has 0 bridgehead atoms. The summed E-state index contributed by atoms with van der Waals surface area (Å²) in [6.45, 7) is 2.48. The fourth-order valence-corrected chi connectivity index (χ4v) is 5.75. The van der Waals surface area contributed by atoms with E-state index in [-0.39, 0.29) is 17.3 Å². The zero-order valence-corrected chi connectivity index (χ0v) is 17.4. The zero-order valence-electron chi connectivity index (χ0n) is 15.9. The van der Waals surface area contributed by atoms with Gasteiger partial charge in [-0.1, -0.05) is 50.3 Å². The first-order valence-electron chi connectivity index (χ1n) is 9.98. The van der Waals surface area contributed by atoms with Gasteiger partial charge < -0.3 is 9.64 Å². The Balaban J connectivity index is 1.82. The second kappa shape index (κ2) is 9.83. The second-order valence-electron chi connectivity index (χ2n) is 7.38. The van der Waals surface area contributed by atoms with Gasteiger partial charge in [0, 0.05) is 16.3 Å². The normalized spacial score (nSPS) is 23.4. The van der Waals surface area contributed by atoms with E-state index in [1.54, 1.807) is 40.9 Å². The molecular formula is C21H28ClNO3S. The van der Waals surface area contributed by atoms with Crippen molar-refractivity contribution >= 4 is 35.2 Å². The maximum absolute atomic E-state index is 13.3. The van der Waals surface area contributed by atoms with Crippen LogP contribution in [0, 0.1) is 5.92 Å². The summed E-state index contributed by atoms with van der Waals surface area (Å²) in [6, 6.07) is 6.49. The van der Waals surface area contributed by atoms with Gasteiger partial charge in [0.2, 0.25) is 0 Å². The van der Waals surface area contributed by atoms with Crippen LogP contribution >= 0.6 is 23.4 Å². The van der Waals surface area contributed by atoms with E-state index in [2.05, 4.69) is 6.92 Å². The van der Waals surface area contributed by atoms with Gasteiger partial charge in [-0.05, 0) is 43.4 Å². The Hall–Kier alpha value is -1.20. The van der Waals surface area contributed by atoms with Crippen LogP contribution in [0.3, 0.4) is 0 Å². The lowest BCUT2D eigenvalue weighted by atomic mass is 9.88. The molecule has 1 saturated heterocycles. The minimum atomic E-state index is -0.509. The predicted octanol–water partition coefficient (Wildman–Crippen LogP) is 5.15. The molecule has 6 heteroatoms. The summed E-state index contributed by atoms with van der Waals surface area (Å²) in [5.41, 5.74) is 0.539. The molecule has 2 aliphatic rings. The van der Waals surface area contributed by atoms with E-state index in [1.165, 1.54) is 19.3 Å². The van der Waals surface area contributed by atoms with Crippen molar-refractivity contribution in [3.63, 3.8) is 0 Å². The summed E-state index contributed by atoms with van der Waals surface area (Å²) in [4.78, 5) is 27.8. The number of hydrogen-bond acceptors (Lipinski definition) is 4. The van der Waals surface area contributed by atoms with Crippen LogP contribution in [0.15, 0.2) is 24.3 Å². The second-order valence-corrected chi connectivity index (χ2v) is 8.97. The number of carbonyl (C=O) groups excluding carboxylic acids is 2. The Labute approximate surface area is 171 Å². The average Bonchev–Trinajstić information content (AvgIpc) is 3.13. The smallest absolute Gasteiger partial charge is 0.329 e. The monoisotopic (exact) mass is 409 g/mol. The Morgan fingerprint density at radius 3 is 2.74 bits per heavy atom. The number of esters is 1. The van der Waals surface area contributed by atoms with Crippen molar-refractivity contribution in [3.05, 3.63) is 34.9 Å². The van der Waals surface area contributed by atoms with Gasteiger partial charge in [0.25, 0.3) is 5.91 Å². The van der Waals surface area contributed by atoms with E-state index in [0.29, 0.717) is 28.9 Å². The van der Waals surface area contributed by atoms with Crippen molar-refractivity contribution in [2.75, 3.05) is 12.4 Å². The molecule has 0 radical (unpaired) electrons. The molecule has 148 valence electrons. The molecule has 1 aliphatic heterocycles. The number of benzene rings is 1. The molecule has 1 saturated carbocycles. The van der Waals surface area contributed by atoms with Crippen LogP contribution in [-0.4, -0.2) is 40.6 Å². The molecule has 0 aromatic heterocycles. The number of unbranched alkanes of at least 4 members (excludes halogenated alkanes) is 1. The molecule has 27 heavy (non-hydrogen) atoms.